The van der Waals surface area contributed by atoms with Crippen LogP contribution in [-0.2, 0) is 35.3 Å². The van der Waals surface area contributed by atoms with Crippen LogP contribution in [0.2, 0.25) is 0 Å². The molecule has 0 aliphatic carbocycles. The van der Waals surface area contributed by atoms with Gasteiger partial charge in [-0.1, -0.05) is 30.3 Å². The summed E-state index contributed by atoms with van der Waals surface area (Å²) < 4.78 is 31.3. The quantitative estimate of drug-likeness (QED) is 0.385. The minimum atomic E-state index is -4.22. The molecule has 0 radical (unpaired) electrons. The van der Waals surface area contributed by atoms with E-state index in [9.17, 15) is 22.8 Å². The molecule has 0 aliphatic rings. The lowest BCUT2D eigenvalue weighted by molar-refractivity contribution is -0.117. The standard InChI is InChI=1S/C23H23N5O5S2/c1-14-13-34-22(24-14)25-20(29)18(11-15-7-5-4-6-8-15)26-35(32,33)16-9-10-19-17(12-16)21(30)28(3)23(31)27(19)2/h4-10,12-13,18,26H,11H2,1-3H3,(H,24,25,29)/t18-/m0/s1. The topological polar surface area (TPSA) is 132 Å². The third-order valence-electron chi connectivity index (χ3n) is 5.49. The van der Waals surface area contributed by atoms with Crippen molar-refractivity contribution in [2.75, 3.05) is 5.32 Å². The predicted octanol–water partition coefficient (Wildman–Crippen LogP) is 1.53. The molecule has 0 saturated heterocycles. The number of rotatable bonds is 7. The minimum Gasteiger partial charge on any atom is -0.301 e. The van der Waals surface area contributed by atoms with Crippen LogP contribution >= 0.6 is 11.3 Å². The Bertz CT molecular complexity index is 1640. The molecule has 2 aromatic heterocycles. The van der Waals surface area contributed by atoms with Crippen molar-refractivity contribution in [2.24, 2.45) is 14.1 Å². The number of nitrogens with one attached hydrogen (secondary N) is 2. The third-order valence-corrected chi connectivity index (χ3v) is 7.84. The van der Waals surface area contributed by atoms with Crippen LogP contribution < -0.4 is 21.3 Å². The number of benzene rings is 2. The number of anilines is 1. The second-order valence-electron chi connectivity index (χ2n) is 8.03. The summed E-state index contributed by atoms with van der Waals surface area (Å²) in [5.74, 6) is -0.564. The van der Waals surface area contributed by atoms with Crippen molar-refractivity contribution in [3.8, 4) is 0 Å². The second-order valence-corrected chi connectivity index (χ2v) is 10.6. The molecular formula is C23H23N5O5S2. The second kappa shape index (κ2) is 9.56. The molecule has 1 atom stereocenters. The maximum atomic E-state index is 13.3. The predicted molar refractivity (Wildman–Crippen MR) is 134 cm³/mol. The Labute approximate surface area is 204 Å². The molecule has 12 heteroatoms. The van der Waals surface area contributed by atoms with Crippen molar-refractivity contribution in [1.29, 1.82) is 0 Å². The number of sulfonamides is 1. The van der Waals surface area contributed by atoms with E-state index < -0.39 is 33.2 Å². The van der Waals surface area contributed by atoms with Gasteiger partial charge in [-0.2, -0.15) is 4.72 Å². The molecule has 10 nitrogen and oxygen atoms in total. The summed E-state index contributed by atoms with van der Waals surface area (Å²) in [7, 11) is -1.40. The van der Waals surface area contributed by atoms with Crippen LogP contribution in [0.25, 0.3) is 10.9 Å². The van der Waals surface area contributed by atoms with Crippen LogP contribution in [0.1, 0.15) is 11.3 Å². The molecule has 182 valence electrons. The molecule has 4 rings (SSSR count). The molecule has 2 heterocycles. The van der Waals surface area contributed by atoms with Crippen LogP contribution in [0.4, 0.5) is 5.13 Å². The number of carbonyl (C=O) groups is 1. The summed E-state index contributed by atoms with van der Waals surface area (Å²) in [5.41, 5.74) is 0.659. The van der Waals surface area contributed by atoms with Crippen LogP contribution in [0.15, 0.2) is 68.4 Å². The van der Waals surface area contributed by atoms with Gasteiger partial charge in [-0.3, -0.25) is 18.7 Å². The van der Waals surface area contributed by atoms with Gasteiger partial charge < -0.3 is 5.32 Å². The zero-order valence-corrected chi connectivity index (χ0v) is 20.8. The molecule has 0 aliphatic heterocycles. The average Bonchev–Trinajstić information content (AvgIpc) is 3.25. The van der Waals surface area contributed by atoms with Gasteiger partial charge in [0, 0.05) is 19.5 Å². The van der Waals surface area contributed by atoms with Gasteiger partial charge in [0.25, 0.3) is 5.56 Å². The molecule has 2 aromatic carbocycles. The lowest BCUT2D eigenvalue weighted by Crippen LogP contribution is -2.45. The van der Waals surface area contributed by atoms with Gasteiger partial charge in [0.1, 0.15) is 6.04 Å². The molecule has 4 aromatic rings. The van der Waals surface area contributed by atoms with E-state index in [2.05, 4.69) is 15.0 Å². The molecule has 2 N–H and O–H groups in total. The Balaban J connectivity index is 1.70. The van der Waals surface area contributed by atoms with E-state index >= 15 is 0 Å². The van der Waals surface area contributed by atoms with Crippen molar-refractivity contribution in [3.05, 3.63) is 86.0 Å². The van der Waals surface area contributed by atoms with Crippen molar-refractivity contribution < 1.29 is 13.2 Å². The number of hydrogen-bond donors (Lipinski definition) is 2. The third kappa shape index (κ3) is 5.09. The number of aryl methyl sites for hydroxylation is 2. The molecule has 0 bridgehead atoms. The lowest BCUT2D eigenvalue weighted by Gasteiger charge is -2.18. The fourth-order valence-corrected chi connectivity index (χ4v) is 5.55. The fraction of sp³-hybridized carbons (Fsp3) is 0.217. The summed E-state index contributed by atoms with van der Waals surface area (Å²) in [5, 5.41) is 4.87. The first-order valence-corrected chi connectivity index (χ1v) is 12.9. The Morgan fingerprint density at radius 1 is 1.09 bits per heavy atom. The lowest BCUT2D eigenvalue weighted by atomic mass is 10.1. The van der Waals surface area contributed by atoms with E-state index in [1.54, 1.807) is 36.6 Å². The Morgan fingerprint density at radius 2 is 1.80 bits per heavy atom. The maximum absolute atomic E-state index is 13.3. The molecular weight excluding hydrogens is 490 g/mol. The summed E-state index contributed by atoms with van der Waals surface area (Å²) >= 11 is 1.24. The summed E-state index contributed by atoms with van der Waals surface area (Å²) in [6, 6.07) is 11.8. The molecule has 1 amide bonds. The van der Waals surface area contributed by atoms with Gasteiger partial charge in [0.15, 0.2) is 5.13 Å². The van der Waals surface area contributed by atoms with E-state index in [-0.39, 0.29) is 16.7 Å². The Kier molecular flexibility index (Phi) is 6.70. The highest BCUT2D eigenvalue weighted by Crippen LogP contribution is 2.18. The Hall–Kier alpha value is -3.61. The Morgan fingerprint density at radius 3 is 2.46 bits per heavy atom. The molecule has 35 heavy (non-hydrogen) atoms. The van der Waals surface area contributed by atoms with E-state index in [1.807, 2.05) is 6.07 Å². The first-order valence-electron chi connectivity index (χ1n) is 10.6. The van der Waals surface area contributed by atoms with Crippen molar-refractivity contribution in [2.45, 2.75) is 24.3 Å². The number of fused-ring (bicyclic) bond motifs is 1. The number of carbonyl (C=O) groups excluding carboxylic acids is 1. The van der Waals surface area contributed by atoms with Gasteiger partial charge in [-0.05, 0) is 37.1 Å². The SMILES string of the molecule is Cc1csc(NC(=O)[C@H](Cc2ccccc2)NS(=O)(=O)c2ccc3c(c2)c(=O)n(C)c(=O)n3C)n1. The van der Waals surface area contributed by atoms with E-state index in [4.69, 9.17) is 0 Å². The zero-order valence-electron chi connectivity index (χ0n) is 19.2. The smallest absolute Gasteiger partial charge is 0.301 e. The highest BCUT2D eigenvalue weighted by atomic mass is 32.2. The van der Waals surface area contributed by atoms with Gasteiger partial charge in [-0.25, -0.2) is 18.2 Å². The van der Waals surface area contributed by atoms with E-state index in [1.165, 1.54) is 48.2 Å². The summed E-state index contributed by atoms with van der Waals surface area (Å²) in [4.78, 5) is 41.9. The van der Waals surface area contributed by atoms with Gasteiger partial charge in [0.2, 0.25) is 15.9 Å². The number of thiazole rings is 1. The summed E-state index contributed by atoms with van der Waals surface area (Å²) in [6.07, 6.45) is 0.0973. The number of hydrogen-bond acceptors (Lipinski definition) is 7. The van der Waals surface area contributed by atoms with Crippen molar-refractivity contribution in [1.82, 2.24) is 18.8 Å². The monoisotopic (exact) mass is 513 g/mol. The number of aromatic nitrogens is 3. The van der Waals surface area contributed by atoms with Crippen molar-refractivity contribution >= 4 is 43.3 Å². The average molecular weight is 514 g/mol. The largest absolute Gasteiger partial charge is 0.330 e. The molecule has 0 saturated carbocycles. The highest BCUT2D eigenvalue weighted by Gasteiger charge is 2.27. The first kappa shape index (κ1) is 24.5. The van der Waals surface area contributed by atoms with Gasteiger partial charge in [0.05, 0.1) is 21.5 Å². The van der Waals surface area contributed by atoms with Crippen molar-refractivity contribution in [3.63, 3.8) is 0 Å². The van der Waals surface area contributed by atoms with Gasteiger partial charge in [-0.15, -0.1) is 11.3 Å². The van der Waals surface area contributed by atoms with Crippen LogP contribution in [0.3, 0.4) is 0 Å². The molecule has 0 spiro atoms. The number of nitrogens with zero attached hydrogens (tertiary/aromatic N) is 3. The fourth-order valence-electron chi connectivity index (χ4n) is 3.64. The van der Waals surface area contributed by atoms with E-state index in [0.717, 1.165) is 15.8 Å². The molecule has 0 unspecified atom stereocenters. The van der Waals surface area contributed by atoms with Crippen LogP contribution in [-0.4, -0.2) is 34.5 Å². The summed E-state index contributed by atoms with van der Waals surface area (Å²) in [6.45, 7) is 1.79. The van der Waals surface area contributed by atoms with Gasteiger partial charge >= 0.3 is 5.69 Å². The number of amides is 1. The minimum absolute atomic E-state index is 0.0693. The first-order chi connectivity index (χ1) is 16.6. The molecule has 0 fully saturated rings. The van der Waals surface area contributed by atoms with E-state index in [0.29, 0.717) is 10.6 Å². The van der Waals surface area contributed by atoms with Crippen LogP contribution in [0, 0.1) is 6.92 Å². The normalized spacial score (nSPS) is 12.5. The zero-order chi connectivity index (χ0) is 25.3. The van der Waals surface area contributed by atoms with Crippen LogP contribution in [0.5, 0.6) is 0 Å². The maximum Gasteiger partial charge on any atom is 0.330 e. The highest BCUT2D eigenvalue weighted by molar-refractivity contribution is 7.89.